The highest BCUT2D eigenvalue weighted by atomic mass is 16.5. The van der Waals surface area contributed by atoms with Crippen LogP contribution in [0.4, 0.5) is 5.69 Å². The Morgan fingerprint density at radius 3 is 2.63 bits per heavy atom. The molecule has 0 radical (unpaired) electrons. The lowest BCUT2D eigenvalue weighted by atomic mass is 10.3. The van der Waals surface area contributed by atoms with Crippen LogP contribution in [0.3, 0.4) is 0 Å². The Morgan fingerprint density at radius 2 is 1.95 bits per heavy atom. The minimum absolute atomic E-state index is 0.211. The van der Waals surface area contributed by atoms with Crippen LogP contribution in [0, 0.1) is 11.3 Å². The van der Waals surface area contributed by atoms with Crippen LogP contribution >= 0.6 is 0 Å². The molecule has 0 aliphatic rings. The van der Waals surface area contributed by atoms with Gasteiger partial charge < -0.3 is 15.2 Å². The molecule has 2 N–H and O–H groups in total. The SMILES string of the molecule is N#CCCCCOC(=O)CCOc1ccc(N)cc1. The number of nitrogens with two attached hydrogens (primary N) is 1. The Hall–Kier alpha value is -2.22. The summed E-state index contributed by atoms with van der Waals surface area (Å²) in [6, 6.07) is 9.03. The minimum Gasteiger partial charge on any atom is -0.493 e. The minimum atomic E-state index is -0.285. The van der Waals surface area contributed by atoms with Gasteiger partial charge in [0.1, 0.15) is 5.75 Å². The van der Waals surface area contributed by atoms with Gasteiger partial charge in [-0.25, -0.2) is 0 Å². The summed E-state index contributed by atoms with van der Waals surface area (Å²) in [5, 5.41) is 8.33. The van der Waals surface area contributed by atoms with Crippen LogP contribution in [0.5, 0.6) is 5.75 Å². The van der Waals surface area contributed by atoms with Gasteiger partial charge in [-0.3, -0.25) is 4.79 Å². The molecule has 1 aromatic rings. The first kappa shape index (κ1) is 14.8. The average molecular weight is 262 g/mol. The molecule has 0 aliphatic heterocycles. The number of benzene rings is 1. The van der Waals surface area contributed by atoms with Crippen LogP contribution < -0.4 is 10.5 Å². The number of carbonyl (C=O) groups is 1. The number of rotatable bonds is 8. The van der Waals surface area contributed by atoms with Crippen LogP contribution in [-0.2, 0) is 9.53 Å². The predicted molar refractivity (Wildman–Crippen MR) is 71.4 cm³/mol. The molecule has 0 saturated heterocycles. The zero-order valence-electron chi connectivity index (χ0n) is 10.8. The Balaban J connectivity index is 2.07. The quantitative estimate of drug-likeness (QED) is 0.441. The van der Waals surface area contributed by atoms with E-state index in [2.05, 4.69) is 0 Å². The normalized spacial score (nSPS) is 9.63. The van der Waals surface area contributed by atoms with E-state index in [0.29, 0.717) is 24.5 Å². The van der Waals surface area contributed by atoms with Gasteiger partial charge in [-0.15, -0.1) is 0 Å². The molecule has 0 saturated carbocycles. The molecule has 0 amide bonds. The van der Waals surface area contributed by atoms with Crippen molar-refractivity contribution in [2.45, 2.75) is 25.7 Å². The van der Waals surface area contributed by atoms with Crippen molar-refractivity contribution >= 4 is 11.7 Å². The standard InChI is InChI=1S/C14H18N2O3/c15-9-2-1-3-10-19-14(17)8-11-18-13-6-4-12(16)5-7-13/h4-7H,1-3,8,10-11,16H2. The van der Waals surface area contributed by atoms with E-state index in [1.165, 1.54) is 0 Å². The fraction of sp³-hybridized carbons (Fsp3) is 0.429. The van der Waals surface area contributed by atoms with Crippen molar-refractivity contribution in [1.29, 1.82) is 5.26 Å². The number of unbranched alkanes of at least 4 members (excludes halogenated alkanes) is 2. The highest BCUT2D eigenvalue weighted by Gasteiger charge is 2.03. The zero-order valence-corrected chi connectivity index (χ0v) is 10.8. The van der Waals surface area contributed by atoms with Crippen molar-refractivity contribution < 1.29 is 14.3 Å². The molecular formula is C14H18N2O3. The maximum atomic E-state index is 11.3. The first-order chi connectivity index (χ1) is 9.22. The van der Waals surface area contributed by atoms with E-state index in [4.69, 9.17) is 20.5 Å². The van der Waals surface area contributed by atoms with E-state index >= 15 is 0 Å². The van der Waals surface area contributed by atoms with Crippen LogP contribution in [0.25, 0.3) is 0 Å². The van der Waals surface area contributed by atoms with Crippen molar-refractivity contribution in [3.05, 3.63) is 24.3 Å². The van der Waals surface area contributed by atoms with Crippen molar-refractivity contribution in [3.8, 4) is 11.8 Å². The smallest absolute Gasteiger partial charge is 0.309 e. The summed E-state index contributed by atoms with van der Waals surface area (Å²) in [6.07, 6.45) is 2.18. The third-order valence-corrected chi connectivity index (χ3v) is 2.40. The van der Waals surface area contributed by atoms with E-state index in [9.17, 15) is 4.79 Å². The van der Waals surface area contributed by atoms with Gasteiger partial charge in [-0.2, -0.15) is 5.26 Å². The number of esters is 1. The maximum absolute atomic E-state index is 11.3. The fourth-order valence-electron chi connectivity index (χ4n) is 1.38. The summed E-state index contributed by atoms with van der Waals surface area (Å²) >= 11 is 0. The van der Waals surface area contributed by atoms with E-state index in [0.717, 1.165) is 12.8 Å². The van der Waals surface area contributed by atoms with Gasteiger partial charge in [-0.1, -0.05) is 0 Å². The average Bonchev–Trinajstić information content (AvgIpc) is 2.41. The molecule has 1 aromatic carbocycles. The molecule has 0 aliphatic carbocycles. The molecule has 0 fully saturated rings. The second-order valence-electron chi connectivity index (χ2n) is 4.00. The molecule has 0 spiro atoms. The molecular weight excluding hydrogens is 244 g/mol. The molecule has 1 rings (SSSR count). The third kappa shape index (κ3) is 6.94. The van der Waals surface area contributed by atoms with Crippen LogP contribution in [0.2, 0.25) is 0 Å². The van der Waals surface area contributed by atoms with Crippen molar-refractivity contribution in [2.24, 2.45) is 0 Å². The Bertz CT molecular complexity index is 423. The molecule has 5 heteroatoms. The summed E-state index contributed by atoms with van der Waals surface area (Å²) in [4.78, 5) is 11.3. The molecule has 0 bridgehead atoms. The Morgan fingerprint density at radius 1 is 1.21 bits per heavy atom. The molecule has 0 heterocycles. The number of anilines is 1. The monoisotopic (exact) mass is 262 g/mol. The van der Waals surface area contributed by atoms with Crippen LogP contribution in [-0.4, -0.2) is 19.2 Å². The lowest BCUT2D eigenvalue weighted by Crippen LogP contribution is -2.10. The summed E-state index contributed by atoms with van der Waals surface area (Å²) < 4.78 is 10.4. The molecule has 0 aromatic heterocycles. The van der Waals surface area contributed by atoms with Gasteiger partial charge in [0.05, 0.1) is 25.7 Å². The van der Waals surface area contributed by atoms with E-state index in [1.807, 2.05) is 6.07 Å². The number of hydrogen-bond donors (Lipinski definition) is 1. The number of nitriles is 1. The van der Waals surface area contributed by atoms with Gasteiger partial charge in [0.15, 0.2) is 0 Å². The summed E-state index contributed by atoms with van der Waals surface area (Å²) in [7, 11) is 0. The topological polar surface area (TPSA) is 85.3 Å². The van der Waals surface area contributed by atoms with E-state index in [-0.39, 0.29) is 19.0 Å². The number of nitrogen functional groups attached to an aromatic ring is 1. The maximum Gasteiger partial charge on any atom is 0.309 e. The Labute approximate surface area is 112 Å². The van der Waals surface area contributed by atoms with Gasteiger partial charge in [0.2, 0.25) is 0 Å². The molecule has 102 valence electrons. The van der Waals surface area contributed by atoms with Crippen LogP contribution in [0.15, 0.2) is 24.3 Å². The van der Waals surface area contributed by atoms with Gasteiger partial charge in [-0.05, 0) is 37.1 Å². The molecule has 0 atom stereocenters. The van der Waals surface area contributed by atoms with Gasteiger partial charge in [0.25, 0.3) is 0 Å². The Kier molecular flexibility index (Phi) is 6.88. The second-order valence-corrected chi connectivity index (χ2v) is 4.00. The van der Waals surface area contributed by atoms with Gasteiger partial charge >= 0.3 is 5.97 Å². The summed E-state index contributed by atoms with van der Waals surface area (Å²) in [5.74, 6) is 0.392. The first-order valence-electron chi connectivity index (χ1n) is 6.23. The highest BCUT2D eigenvalue weighted by molar-refractivity contribution is 5.69. The molecule has 0 unspecified atom stereocenters. The van der Waals surface area contributed by atoms with Gasteiger partial charge in [0, 0.05) is 12.1 Å². The largest absolute Gasteiger partial charge is 0.493 e. The van der Waals surface area contributed by atoms with Crippen LogP contribution in [0.1, 0.15) is 25.7 Å². The zero-order chi connectivity index (χ0) is 13.9. The van der Waals surface area contributed by atoms with Crippen molar-refractivity contribution in [3.63, 3.8) is 0 Å². The summed E-state index contributed by atoms with van der Waals surface area (Å²) in [6.45, 7) is 0.642. The predicted octanol–water partition coefficient (Wildman–Crippen LogP) is 2.27. The summed E-state index contributed by atoms with van der Waals surface area (Å²) in [5.41, 5.74) is 6.21. The van der Waals surface area contributed by atoms with Crippen molar-refractivity contribution in [2.75, 3.05) is 18.9 Å². The fourth-order valence-corrected chi connectivity index (χ4v) is 1.38. The highest BCUT2D eigenvalue weighted by Crippen LogP contribution is 2.13. The third-order valence-electron chi connectivity index (χ3n) is 2.40. The number of nitrogens with zero attached hydrogens (tertiary/aromatic N) is 1. The lowest BCUT2D eigenvalue weighted by molar-refractivity contribution is -0.144. The second kappa shape index (κ2) is 8.81. The first-order valence-corrected chi connectivity index (χ1v) is 6.23. The van der Waals surface area contributed by atoms with E-state index < -0.39 is 0 Å². The number of ether oxygens (including phenoxy) is 2. The molecule has 19 heavy (non-hydrogen) atoms. The van der Waals surface area contributed by atoms with E-state index in [1.54, 1.807) is 24.3 Å². The number of carbonyl (C=O) groups excluding carboxylic acids is 1. The van der Waals surface area contributed by atoms with Crippen molar-refractivity contribution in [1.82, 2.24) is 0 Å². The lowest BCUT2D eigenvalue weighted by Gasteiger charge is -2.06. The number of hydrogen-bond acceptors (Lipinski definition) is 5. The molecule has 5 nitrogen and oxygen atoms in total.